The Morgan fingerprint density at radius 3 is 2.40 bits per heavy atom. The Labute approximate surface area is 118 Å². The highest BCUT2D eigenvalue weighted by atomic mass is 16.3. The average Bonchev–Trinajstić information content (AvgIpc) is 2.76. The molecule has 2 aromatic carbocycles. The third-order valence-corrected chi connectivity index (χ3v) is 3.38. The first-order chi connectivity index (χ1) is 9.66. The molecule has 3 heteroatoms. The standard InChI is InChI=1S/C17H16N2O/c1-12-7-6-10-15(11-12)19-17(20)13(2)16(18-19)14-8-4-3-5-9-14/h3-11,20H,1-2H3. The van der Waals surface area contributed by atoms with Gasteiger partial charge in [0.25, 0.3) is 0 Å². The molecule has 1 heterocycles. The first-order valence-electron chi connectivity index (χ1n) is 6.58. The van der Waals surface area contributed by atoms with E-state index in [-0.39, 0.29) is 5.88 Å². The lowest BCUT2D eigenvalue weighted by atomic mass is 10.1. The van der Waals surface area contributed by atoms with Gasteiger partial charge in [-0.25, -0.2) is 4.68 Å². The summed E-state index contributed by atoms with van der Waals surface area (Å²) in [6.45, 7) is 3.91. The smallest absolute Gasteiger partial charge is 0.217 e. The van der Waals surface area contributed by atoms with Crippen LogP contribution in [0.5, 0.6) is 5.88 Å². The summed E-state index contributed by atoms with van der Waals surface area (Å²) in [4.78, 5) is 0. The first kappa shape index (κ1) is 12.5. The minimum Gasteiger partial charge on any atom is -0.493 e. The predicted molar refractivity (Wildman–Crippen MR) is 80.1 cm³/mol. The van der Waals surface area contributed by atoms with Crippen LogP contribution in [-0.4, -0.2) is 14.9 Å². The van der Waals surface area contributed by atoms with Crippen LogP contribution in [0.3, 0.4) is 0 Å². The minimum atomic E-state index is 0.189. The normalized spacial score (nSPS) is 10.7. The lowest BCUT2D eigenvalue weighted by Crippen LogP contribution is -1.96. The van der Waals surface area contributed by atoms with Crippen LogP contribution in [0, 0.1) is 13.8 Å². The van der Waals surface area contributed by atoms with E-state index in [0.29, 0.717) is 0 Å². The molecule has 3 rings (SSSR count). The van der Waals surface area contributed by atoms with Crippen LogP contribution < -0.4 is 0 Å². The van der Waals surface area contributed by atoms with Crippen molar-refractivity contribution in [2.24, 2.45) is 0 Å². The van der Waals surface area contributed by atoms with Crippen LogP contribution in [0.4, 0.5) is 0 Å². The molecule has 100 valence electrons. The van der Waals surface area contributed by atoms with Crippen LogP contribution >= 0.6 is 0 Å². The molecule has 0 radical (unpaired) electrons. The van der Waals surface area contributed by atoms with Gasteiger partial charge in [0.15, 0.2) is 0 Å². The lowest BCUT2D eigenvalue weighted by molar-refractivity contribution is 0.430. The number of aromatic nitrogens is 2. The van der Waals surface area contributed by atoms with Crippen molar-refractivity contribution in [1.82, 2.24) is 9.78 Å². The lowest BCUT2D eigenvalue weighted by Gasteiger charge is -2.03. The SMILES string of the molecule is Cc1cccc(-n2nc(-c3ccccc3)c(C)c2O)c1. The monoisotopic (exact) mass is 264 g/mol. The fourth-order valence-corrected chi connectivity index (χ4v) is 2.30. The van der Waals surface area contributed by atoms with Crippen molar-refractivity contribution in [2.45, 2.75) is 13.8 Å². The predicted octanol–water partition coefficient (Wildman–Crippen LogP) is 3.86. The maximum atomic E-state index is 10.3. The maximum absolute atomic E-state index is 10.3. The number of aryl methyl sites for hydroxylation is 1. The second-order valence-corrected chi connectivity index (χ2v) is 4.91. The molecule has 1 N–H and O–H groups in total. The molecule has 0 unspecified atom stereocenters. The molecule has 0 saturated carbocycles. The van der Waals surface area contributed by atoms with Gasteiger partial charge in [-0.15, -0.1) is 0 Å². The highest BCUT2D eigenvalue weighted by Gasteiger charge is 2.15. The van der Waals surface area contributed by atoms with Crippen molar-refractivity contribution in [1.29, 1.82) is 0 Å². The topological polar surface area (TPSA) is 38.0 Å². The highest BCUT2D eigenvalue weighted by molar-refractivity contribution is 5.65. The zero-order valence-corrected chi connectivity index (χ0v) is 11.5. The summed E-state index contributed by atoms with van der Waals surface area (Å²) in [6, 6.07) is 17.8. The number of hydrogen-bond donors (Lipinski definition) is 1. The molecule has 0 aliphatic heterocycles. The van der Waals surface area contributed by atoms with Gasteiger partial charge in [0, 0.05) is 11.1 Å². The van der Waals surface area contributed by atoms with Crippen molar-refractivity contribution in [3.05, 3.63) is 65.7 Å². The van der Waals surface area contributed by atoms with Crippen LogP contribution in [0.2, 0.25) is 0 Å². The summed E-state index contributed by atoms with van der Waals surface area (Å²) in [5.74, 6) is 0.189. The van der Waals surface area contributed by atoms with Crippen LogP contribution in [0.25, 0.3) is 16.9 Å². The average molecular weight is 264 g/mol. The largest absolute Gasteiger partial charge is 0.493 e. The van der Waals surface area contributed by atoms with E-state index in [4.69, 9.17) is 0 Å². The Kier molecular flexibility index (Phi) is 3.03. The number of rotatable bonds is 2. The summed E-state index contributed by atoms with van der Waals surface area (Å²) in [5, 5.41) is 14.9. The third-order valence-electron chi connectivity index (χ3n) is 3.38. The van der Waals surface area contributed by atoms with E-state index in [2.05, 4.69) is 5.10 Å². The zero-order valence-electron chi connectivity index (χ0n) is 11.5. The molecule has 20 heavy (non-hydrogen) atoms. The summed E-state index contributed by atoms with van der Waals surface area (Å²) in [5.41, 5.74) is 4.61. The molecule has 1 aromatic heterocycles. The molecule has 3 nitrogen and oxygen atoms in total. The van der Waals surface area contributed by atoms with E-state index in [0.717, 1.165) is 28.1 Å². The van der Waals surface area contributed by atoms with Gasteiger partial charge in [0.2, 0.25) is 5.88 Å². The van der Waals surface area contributed by atoms with Crippen molar-refractivity contribution in [3.8, 4) is 22.8 Å². The van der Waals surface area contributed by atoms with Gasteiger partial charge >= 0.3 is 0 Å². The molecule has 0 saturated heterocycles. The quantitative estimate of drug-likeness (QED) is 0.763. The van der Waals surface area contributed by atoms with Gasteiger partial charge in [-0.3, -0.25) is 0 Å². The fourth-order valence-electron chi connectivity index (χ4n) is 2.30. The molecule has 0 fully saturated rings. The summed E-state index contributed by atoms with van der Waals surface area (Å²) in [6.07, 6.45) is 0. The van der Waals surface area contributed by atoms with Gasteiger partial charge in [-0.05, 0) is 31.5 Å². The van der Waals surface area contributed by atoms with Crippen LogP contribution in [0.15, 0.2) is 54.6 Å². The third kappa shape index (κ3) is 2.07. The first-order valence-corrected chi connectivity index (χ1v) is 6.58. The van der Waals surface area contributed by atoms with Crippen molar-refractivity contribution in [2.75, 3.05) is 0 Å². The molecule has 3 aromatic rings. The highest BCUT2D eigenvalue weighted by Crippen LogP contribution is 2.30. The summed E-state index contributed by atoms with van der Waals surface area (Å²) >= 11 is 0. The fraction of sp³-hybridized carbons (Fsp3) is 0.118. The molecule has 0 spiro atoms. The minimum absolute atomic E-state index is 0.189. The Hall–Kier alpha value is -2.55. The van der Waals surface area contributed by atoms with Crippen LogP contribution in [-0.2, 0) is 0 Å². The van der Waals surface area contributed by atoms with E-state index in [1.54, 1.807) is 4.68 Å². The molecular weight excluding hydrogens is 248 g/mol. The number of hydrogen-bond acceptors (Lipinski definition) is 2. The van der Waals surface area contributed by atoms with Gasteiger partial charge in [-0.2, -0.15) is 5.10 Å². The van der Waals surface area contributed by atoms with Gasteiger partial charge in [0.05, 0.1) is 11.4 Å². The number of benzene rings is 2. The second-order valence-electron chi connectivity index (χ2n) is 4.91. The van der Waals surface area contributed by atoms with Crippen molar-refractivity contribution >= 4 is 0 Å². The summed E-state index contributed by atoms with van der Waals surface area (Å²) in [7, 11) is 0. The van der Waals surface area contributed by atoms with Crippen molar-refractivity contribution < 1.29 is 5.11 Å². The molecular formula is C17H16N2O. The van der Waals surface area contributed by atoms with Gasteiger partial charge < -0.3 is 5.11 Å². The molecule has 0 amide bonds. The van der Waals surface area contributed by atoms with E-state index in [1.807, 2.05) is 68.4 Å². The molecule has 0 atom stereocenters. The van der Waals surface area contributed by atoms with Gasteiger partial charge in [0.1, 0.15) is 0 Å². The number of aromatic hydroxyl groups is 1. The van der Waals surface area contributed by atoms with E-state index in [1.165, 1.54) is 0 Å². The zero-order chi connectivity index (χ0) is 14.1. The van der Waals surface area contributed by atoms with E-state index >= 15 is 0 Å². The Balaban J connectivity index is 2.16. The van der Waals surface area contributed by atoms with Crippen molar-refractivity contribution in [3.63, 3.8) is 0 Å². The molecule has 0 bridgehead atoms. The summed E-state index contributed by atoms with van der Waals surface area (Å²) < 4.78 is 1.59. The Morgan fingerprint density at radius 1 is 0.950 bits per heavy atom. The van der Waals surface area contributed by atoms with E-state index < -0.39 is 0 Å². The molecule has 0 aliphatic carbocycles. The second kappa shape index (κ2) is 4.85. The maximum Gasteiger partial charge on any atom is 0.217 e. The van der Waals surface area contributed by atoms with Crippen LogP contribution in [0.1, 0.15) is 11.1 Å². The number of nitrogens with zero attached hydrogens (tertiary/aromatic N) is 2. The Bertz CT molecular complexity index is 745. The Morgan fingerprint density at radius 2 is 1.70 bits per heavy atom. The van der Waals surface area contributed by atoms with E-state index in [9.17, 15) is 5.11 Å². The molecule has 0 aliphatic rings. The van der Waals surface area contributed by atoms with Gasteiger partial charge in [-0.1, -0.05) is 42.5 Å².